The van der Waals surface area contributed by atoms with E-state index in [1.807, 2.05) is 19.1 Å². The third-order valence-corrected chi connectivity index (χ3v) is 7.93. The highest BCUT2D eigenvalue weighted by atomic mass is 16.6. The maximum Gasteiger partial charge on any atom is 0.270 e. The van der Waals surface area contributed by atoms with Crippen LogP contribution in [0.5, 0.6) is 5.75 Å². The average molecular weight is 597 g/mol. The van der Waals surface area contributed by atoms with Crippen LogP contribution < -0.4 is 20.7 Å². The number of nitrogens with zero attached hydrogens (tertiary/aromatic N) is 3. The Hall–Kier alpha value is -5.07. The molecule has 0 saturated carbocycles. The van der Waals surface area contributed by atoms with Crippen LogP contribution in [-0.2, 0) is 22.5 Å². The van der Waals surface area contributed by atoms with E-state index in [9.17, 15) is 19.5 Å². The Morgan fingerprint density at radius 2 is 2.09 bits per heavy atom. The number of nitrogens with one attached hydrogen (secondary N) is 3. The number of aromatic nitrogens is 3. The third kappa shape index (κ3) is 5.52. The lowest BCUT2D eigenvalue weighted by molar-refractivity contribution is -0.122. The second-order valence-corrected chi connectivity index (χ2v) is 10.8. The summed E-state index contributed by atoms with van der Waals surface area (Å²) in [5.74, 6) is -0.549. The summed E-state index contributed by atoms with van der Waals surface area (Å²) in [6.07, 6.45) is 2.86. The Labute approximate surface area is 253 Å². The lowest BCUT2D eigenvalue weighted by Crippen LogP contribution is -2.34. The third-order valence-electron chi connectivity index (χ3n) is 7.93. The molecular weight excluding hydrogens is 564 g/mol. The lowest BCUT2D eigenvalue weighted by Gasteiger charge is -2.23. The Kier molecular flexibility index (Phi) is 7.85. The Bertz CT molecular complexity index is 1800. The summed E-state index contributed by atoms with van der Waals surface area (Å²) in [5, 5.41) is 23.4. The first kappa shape index (κ1) is 29.0. The van der Waals surface area contributed by atoms with Crippen LogP contribution in [0.1, 0.15) is 74.5 Å². The van der Waals surface area contributed by atoms with Gasteiger partial charge in [0.2, 0.25) is 0 Å². The zero-order chi connectivity index (χ0) is 31.0. The maximum absolute atomic E-state index is 13.6. The average Bonchev–Trinajstić information content (AvgIpc) is 3.66. The molecule has 0 radical (unpaired) electrons. The van der Waals surface area contributed by atoms with Crippen LogP contribution >= 0.6 is 0 Å². The molecule has 44 heavy (non-hydrogen) atoms. The molecule has 0 fully saturated rings. The normalized spacial score (nSPS) is 17.7. The van der Waals surface area contributed by atoms with E-state index < -0.39 is 24.2 Å². The highest BCUT2D eigenvalue weighted by Crippen LogP contribution is 2.36. The molecule has 2 aromatic carbocycles. The summed E-state index contributed by atoms with van der Waals surface area (Å²) in [4.78, 5) is 43.1. The topological polar surface area (TPSA) is 156 Å². The summed E-state index contributed by atoms with van der Waals surface area (Å²) in [5.41, 5.74) is 5.52. The van der Waals surface area contributed by atoms with Gasteiger partial charge in [0.15, 0.2) is 18.0 Å². The van der Waals surface area contributed by atoms with E-state index in [1.54, 1.807) is 37.3 Å². The molecule has 1 aliphatic carbocycles. The van der Waals surface area contributed by atoms with Crippen molar-refractivity contribution >= 4 is 29.1 Å². The minimum absolute atomic E-state index is 0.0624. The van der Waals surface area contributed by atoms with E-state index in [4.69, 9.17) is 9.47 Å². The fourth-order valence-electron chi connectivity index (χ4n) is 5.63. The number of amides is 3. The number of benzene rings is 2. The Morgan fingerprint density at radius 1 is 1.25 bits per heavy atom. The molecular formula is C32H32N6O6. The second kappa shape index (κ2) is 11.9. The van der Waals surface area contributed by atoms with Crippen LogP contribution in [0.25, 0.3) is 5.65 Å². The summed E-state index contributed by atoms with van der Waals surface area (Å²) >= 11 is 0. The van der Waals surface area contributed by atoms with Gasteiger partial charge in [-0.05, 0) is 61.1 Å². The predicted octanol–water partition coefficient (Wildman–Crippen LogP) is 3.30. The monoisotopic (exact) mass is 596 g/mol. The van der Waals surface area contributed by atoms with E-state index in [0.29, 0.717) is 29.1 Å². The fraction of sp³-hybridized carbons (Fsp3) is 0.281. The number of carbonyl (C=O) groups is 3. The summed E-state index contributed by atoms with van der Waals surface area (Å²) in [6.45, 7) is 7.62. The Morgan fingerprint density at radius 3 is 2.91 bits per heavy atom. The smallest absolute Gasteiger partial charge is 0.270 e. The molecule has 1 aliphatic heterocycles. The van der Waals surface area contributed by atoms with Gasteiger partial charge >= 0.3 is 0 Å². The number of aliphatic hydroxyl groups excluding tert-OH is 1. The SMILES string of the molecule is C=CCOC(O)c1ccc2c(c1C)CC[C@@H]2NC(=O)c1cc(C(=O)NCc2ccc3c(c2)NC(=O)C(C)O3)nc2ccnn12. The first-order chi connectivity index (χ1) is 21.2. The highest BCUT2D eigenvalue weighted by Gasteiger charge is 2.29. The van der Waals surface area contributed by atoms with Gasteiger partial charge in [-0.3, -0.25) is 14.4 Å². The second-order valence-electron chi connectivity index (χ2n) is 10.8. The number of hydrogen-bond donors (Lipinski definition) is 4. The van der Waals surface area contributed by atoms with Gasteiger partial charge in [-0.25, -0.2) is 9.50 Å². The first-order valence-electron chi connectivity index (χ1n) is 14.3. The van der Waals surface area contributed by atoms with Crippen LogP contribution in [0.2, 0.25) is 0 Å². The van der Waals surface area contributed by atoms with Crippen molar-refractivity contribution in [3.63, 3.8) is 0 Å². The van der Waals surface area contributed by atoms with E-state index in [0.717, 1.165) is 28.7 Å². The summed E-state index contributed by atoms with van der Waals surface area (Å²) < 4.78 is 12.4. The minimum Gasteiger partial charge on any atom is -0.479 e. The molecule has 3 atom stereocenters. The maximum atomic E-state index is 13.6. The predicted molar refractivity (Wildman–Crippen MR) is 160 cm³/mol. The van der Waals surface area contributed by atoms with Crippen molar-refractivity contribution in [2.75, 3.05) is 11.9 Å². The number of rotatable bonds is 9. The quantitative estimate of drug-likeness (QED) is 0.169. The molecule has 2 aromatic heterocycles. The van der Waals surface area contributed by atoms with Crippen molar-refractivity contribution < 1.29 is 29.0 Å². The van der Waals surface area contributed by atoms with E-state index >= 15 is 0 Å². The van der Waals surface area contributed by atoms with E-state index in [1.165, 1.54) is 16.8 Å². The van der Waals surface area contributed by atoms with Crippen LogP contribution in [0, 0.1) is 6.92 Å². The van der Waals surface area contributed by atoms with E-state index in [2.05, 4.69) is 32.6 Å². The molecule has 226 valence electrons. The van der Waals surface area contributed by atoms with E-state index in [-0.39, 0.29) is 36.5 Å². The van der Waals surface area contributed by atoms with Crippen molar-refractivity contribution in [2.24, 2.45) is 0 Å². The van der Waals surface area contributed by atoms with Crippen molar-refractivity contribution in [3.8, 4) is 5.75 Å². The van der Waals surface area contributed by atoms with Gasteiger partial charge in [-0.2, -0.15) is 5.10 Å². The van der Waals surface area contributed by atoms with Crippen molar-refractivity contribution in [3.05, 3.63) is 101 Å². The molecule has 12 nitrogen and oxygen atoms in total. The molecule has 3 heterocycles. The molecule has 2 unspecified atom stereocenters. The van der Waals surface area contributed by atoms with Gasteiger partial charge < -0.3 is 30.5 Å². The summed E-state index contributed by atoms with van der Waals surface area (Å²) in [7, 11) is 0. The van der Waals surface area contributed by atoms with Gasteiger partial charge in [0.05, 0.1) is 24.5 Å². The molecule has 6 rings (SSSR count). The molecule has 0 spiro atoms. The molecule has 4 N–H and O–H groups in total. The zero-order valence-corrected chi connectivity index (χ0v) is 24.3. The Balaban J connectivity index is 1.18. The molecule has 0 bridgehead atoms. The number of ether oxygens (including phenoxy) is 2. The standard InChI is InChI=1S/C32H32N6O6/c1-4-13-43-32(42)21-6-7-22-20(17(21)2)8-9-23(22)36-31(41)26-15-25(35-28-11-12-34-38(26)28)30(40)33-16-19-5-10-27-24(14-19)37-29(39)18(3)44-27/h4-7,10-12,14-15,18,23,32,42H,1,8-9,13,16H2,2-3H3,(H,33,40)(H,36,41)(H,37,39)/t18?,23-,32?/m0/s1. The van der Waals surface area contributed by atoms with Crippen LogP contribution in [0.4, 0.5) is 5.69 Å². The fourth-order valence-corrected chi connectivity index (χ4v) is 5.63. The van der Waals surface area contributed by atoms with Gasteiger partial charge in [-0.1, -0.05) is 24.3 Å². The lowest BCUT2D eigenvalue weighted by atomic mass is 9.97. The van der Waals surface area contributed by atoms with Crippen LogP contribution in [0.15, 0.2) is 61.3 Å². The molecule has 0 saturated heterocycles. The summed E-state index contributed by atoms with van der Waals surface area (Å²) in [6, 6.07) is 11.8. The van der Waals surface area contributed by atoms with Crippen molar-refractivity contribution in [1.29, 1.82) is 0 Å². The largest absolute Gasteiger partial charge is 0.479 e. The minimum atomic E-state index is -1.06. The molecule has 4 aromatic rings. The van der Waals surface area contributed by atoms with Crippen molar-refractivity contribution in [1.82, 2.24) is 25.2 Å². The number of aliphatic hydroxyl groups is 1. The van der Waals surface area contributed by atoms with Gasteiger partial charge in [0.1, 0.15) is 17.1 Å². The molecule has 3 amide bonds. The van der Waals surface area contributed by atoms with Crippen molar-refractivity contribution in [2.45, 2.75) is 51.7 Å². The molecule has 12 heteroatoms. The zero-order valence-electron chi connectivity index (χ0n) is 24.3. The van der Waals surface area contributed by atoms with Gasteiger partial charge in [0.25, 0.3) is 17.7 Å². The number of hydrogen-bond acceptors (Lipinski definition) is 8. The number of anilines is 1. The van der Waals surface area contributed by atoms with Crippen LogP contribution in [0.3, 0.4) is 0 Å². The van der Waals surface area contributed by atoms with Crippen LogP contribution in [-0.4, -0.2) is 50.1 Å². The molecule has 2 aliphatic rings. The number of fused-ring (bicyclic) bond motifs is 3. The highest BCUT2D eigenvalue weighted by molar-refractivity contribution is 5.99. The van der Waals surface area contributed by atoms with Gasteiger partial charge in [0, 0.05) is 24.2 Å². The van der Waals surface area contributed by atoms with Gasteiger partial charge in [-0.15, -0.1) is 6.58 Å². The number of carbonyl (C=O) groups excluding carboxylic acids is 3. The first-order valence-corrected chi connectivity index (χ1v) is 14.3.